The third-order valence-corrected chi connectivity index (χ3v) is 4.31. The Bertz CT molecular complexity index is 340. The van der Waals surface area contributed by atoms with Crippen LogP contribution in [0.5, 0.6) is 0 Å². The first kappa shape index (κ1) is 16.4. The summed E-state index contributed by atoms with van der Waals surface area (Å²) in [7, 11) is 0.0560. The quantitative estimate of drug-likeness (QED) is 0.763. The number of hydrogen-bond donors (Lipinski definition) is 1. The van der Waals surface area contributed by atoms with Crippen molar-refractivity contribution in [3.63, 3.8) is 0 Å². The third kappa shape index (κ3) is 7.51. The highest BCUT2D eigenvalue weighted by Crippen LogP contribution is 2.23. The van der Waals surface area contributed by atoms with E-state index in [9.17, 15) is 9.59 Å². The first-order valence-corrected chi connectivity index (χ1v) is 9.31. The zero-order valence-electron chi connectivity index (χ0n) is 12.4. The average Bonchev–Trinajstić information content (AvgIpc) is 2.31. The first-order valence-electron chi connectivity index (χ1n) is 7.21. The van der Waals surface area contributed by atoms with Crippen LogP contribution in [0.4, 0.5) is 0 Å². The predicted octanol–water partition coefficient (Wildman–Crippen LogP) is 2.75. The van der Waals surface area contributed by atoms with Crippen LogP contribution in [0.3, 0.4) is 0 Å². The molecule has 0 bridgehead atoms. The Hall–Kier alpha value is -0.640. The molecule has 19 heavy (non-hydrogen) atoms. The molecule has 4 heteroatoms. The standard InChI is InChI=1S/C15H27NO2S/c1-12-7-9-13(10-8-12)16-15(18)6-4-5-14(17)11-19(2)3/h11-13H,4-10H2,1-3H3,(H,16,18). The lowest BCUT2D eigenvalue weighted by atomic mass is 9.87. The minimum atomic E-state index is 0.0560. The van der Waals surface area contributed by atoms with Gasteiger partial charge in [-0.3, -0.25) is 9.59 Å². The molecular weight excluding hydrogens is 258 g/mol. The molecule has 0 radical (unpaired) electrons. The molecule has 110 valence electrons. The van der Waals surface area contributed by atoms with Crippen LogP contribution in [-0.4, -0.2) is 35.6 Å². The van der Waals surface area contributed by atoms with E-state index in [4.69, 9.17) is 0 Å². The van der Waals surface area contributed by atoms with Gasteiger partial charge in [-0.2, -0.15) is 10.5 Å². The van der Waals surface area contributed by atoms with E-state index >= 15 is 0 Å². The molecule has 0 heterocycles. The molecule has 1 rings (SSSR count). The SMILES string of the molecule is CC1CCC(NC(=O)CCCC(=O)C=S(C)C)CC1. The second-order valence-corrected chi connectivity index (χ2v) is 7.84. The van der Waals surface area contributed by atoms with Crippen molar-refractivity contribution >= 4 is 27.5 Å². The Morgan fingerprint density at radius 2 is 1.79 bits per heavy atom. The van der Waals surface area contributed by atoms with E-state index in [2.05, 4.69) is 12.2 Å². The Morgan fingerprint density at radius 3 is 2.37 bits per heavy atom. The number of Topliss-reactive ketones (excluding diaryl/α,β-unsaturated/α-hetero) is 1. The Balaban J connectivity index is 2.14. The maximum Gasteiger partial charge on any atom is 0.220 e. The highest BCUT2D eigenvalue weighted by Gasteiger charge is 2.19. The lowest BCUT2D eigenvalue weighted by Gasteiger charge is -2.26. The monoisotopic (exact) mass is 285 g/mol. The maximum absolute atomic E-state index is 11.8. The first-order chi connectivity index (χ1) is 8.97. The summed E-state index contributed by atoms with van der Waals surface area (Å²) >= 11 is 0. The van der Waals surface area contributed by atoms with Gasteiger partial charge in [-0.1, -0.05) is 6.92 Å². The summed E-state index contributed by atoms with van der Waals surface area (Å²) in [4.78, 5) is 23.2. The van der Waals surface area contributed by atoms with E-state index < -0.39 is 0 Å². The summed E-state index contributed by atoms with van der Waals surface area (Å²) in [6.07, 6.45) is 10.3. The number of nitrogens with one attached hydrogen (secondary N) is 1. The van der Waals surface area contributed by atoms with Crippen molar-refractivity contribution in [3.05, 3.63) is 0 Å². The minimum Gasteiger partial charge on any atom is -0.353 e. The summed E-state index contributed by atoms with van der Waals surface area (Å²) in [5.74, 6) is 1.09. The van der Waals surface area contributed by atoms with Crippen molar-refractivity contribution in [1.29, 1.82) is 0 Å². The van der Waals surface area contributed by atoms with Crippen LogP contribution in [0.2, 0.25) is 0 Å². The van der Waals surface area contributed by atoms with E-state index in [-0.39, 0.29) is 22.2 Å². The Morgan fingerprint density at radius 1 is 1.16 bits per heavy atom. The van der Waals surface area contributed by atoms with Gasteiger partial charge < -0.3 is 5.32 Å². The van der Waals surface area contributed by atoms with Crippen LogP contribution < -0.4 is 5.32 Å². The Kier molecular flexibility index (Phi) is 7.36. The van der Waals surface area contributed by atoms with E-state index in [0.29, 0.717) is 25.3 Å². The zero-order chi connectivity index (χ0) is 14.3. The molecule has 1 N–H and O–H groups in total. The molecule has 0 aromatic rings. The molecule has 1 amide bonds. The fraction of sp³-hybridized carbons (Fsp3) is 0.800. The van der Waals surface area contributed by atoms with Crippen molar-refractivity contribution < 1.29 is 9.59 Å². The number of carbonyl (C=O) groups is 2. The van der Waals surface area contributed by atoms with Gasteiger partial charge in [-0.25, -0.2) is 0 Å². The van der Waals surface area contributed by atoms with Crippen LogP contribution in [0, 0.1) is 5.92 Å². The fourth-order valence-corrected chi connectivity index (χ4v) is 3.09. The van der Waals surface area contributed by atoms with Gasteiger partial charge in [0, 0.05) is 24.3 Å². The summed E-state index contributed by atoms with van der Waals surface area (Å²) in [5.41, 5.74) is 0. The van der Waals surface area contributed by atoms with Crippen LogP contribution in [0.15, 0.2) is 0 Å². The van der Waals surface area contributed by atoms with Gasteiger partial charge in [0.2, 0.25) is 5.91 Å². The summed E-state index contributed by atoms with van der Waals surface area (Å²) in [6.45, 7) is 2.27. The van der Waals surface area contributed by atoms with Gasteiger partial charge in [-0.05, 0) is 50.5 Å². The average molecular weight is 285 g/mol. The molecule has 0 saturated heterocycles. The largest absolute Gasteiger partial charge is 0.353 e. The van der Waals surface area contributed by atoms with Crippen LogP contribution in [0.1, 0.15) is 51.9 Å². The van der Waals surface area contributed by atoms with Crippen molar-refractivity contribution in [2.24, 2.45) is 5.92 Å². The van der Waals surface area contributed by atoms with Crippen LogP contribution in [-0.2, 0) is 9.59 Å². The van der Waals surface area contributed by atoms with Gasteiger partial charge in [-0.15, -0.1) is 0 Å². The molecule has 1 aliphatic rings. The van der Waals surface area contributed by atoms with E-state index in [0.717, 1.165) is 18.8 Å². The van der Waals surface area contributed by atoms with Crippen molar-refractivity contribution in [1.82, 2.24) is 5.32 Å². The number of amides is 1. The second-order valence-electron chi connectivity index (χ2n) is 5.84. The molecule has 0 aliphatic heterocycles. The molecule has 1 fully saturated rings. The molecule has 0 aromatic carbocycles. The van der Waals surface area contributed by atoms with Crippen molar-refractivity contribution in [2.75, 3.05) is 12.5 Å². The summed E-state index contributed by atoms with van der Waals surface area (Å²) < 4.78 is 0. The second kappa shape index (κ2) is 8.51. The molecule has 3 nitrogen and oxygen atoms in total. The molecular formula is C15H27NO2S. The van der Waals surface area contributed by atoms with E-state index in [1.807, 2.05) is 12.5 Å². The maximum atomic E-state index is 11.8. The number of carbonyl (C=O) groups excluding carboxylic acids is 2. The fourth-order valence-electron chi connectivity index (χ4n) is 2.45. The highest BCUT2D eigenvalue weighted by molar-refractivity contribution is 8.14. The third-order valence-electron chi connectivity index (χ3n) is 3.58. The van der Waals surface area contributed by atoms with Crippen molar-refractivity contribution in [2.45, 2.75) is 57.9 Å². The molecule has 1 aliphatic carbocycles. The van der Waals surface area contributed by atoms with Crippen LogP contribution >= 0.6 is 10.5 Å². The predicted molar refractivity (Wildman–Crippen MR) is 83.9 cm³/mol. The van der Waals surface area contributed by atoms with Gasteiger partial charge in [0.1, 0.15) is 0 Å². The molecule has 1 saturated carbocycles. The van der Waals surface area contributed by atoms with Gasteiger partial charge in [0.15, 0.2) is 5.78 Å². The number of hydrogen-bond acceptors (Lipinski definition) is 2. The normalized spacial score (nSPS) is 23.2. The van der Waals surface area contributed by atoms with Gasteiger partial charge in [0.05, 0.1) is 0 Å². The molecule has 0 aromatic heterocycles. The summed E-state index contributed by atoms with van der Waals surface area (Å²) in [5, 5.41) is 4.86. The highest BCUT2D eigenvalue weighted by atomic mass is 32.2. The van der Waals surface area contributed by atoms with E-state index in [1.54, 1.807) is 5.37 Å². The summed E-state index contributed by atoms with van der Waals surface area (Å²) in [6, 6.07) is 0.364. The Labute approximate surface area is 119 Å². The smallest absolute Gasteiger partial charge is 0.220 e. The minimum absolute atomic E-state index is 0.0560. The number of ketones is 1. The van der Waals surface area contributed by atoms with E-state index in [1.165, 1.54) is 12.8 Å². The van der Waals surface area contributed by atoms with Crippen molar-refractivity contribution in [3.8, 4) is 0 Å². The molecule has 0 unspecified atom stereocenters. The van der Waals surface area contributed by atoms with Gasteiger partial charge >= 0.3 is 0 Å². The van der Waals surface area contributed by atoms with Crippen LogP contribution in [0.25, 0.3) is 0 Å². The molecule has 0 spiro atoms. The number of rotatable bonds is 6. The van der Waals surface area contributed by atoms with Gasteiger partial charge in [0.25, 0.3) is 0 Å². The lowest BCUT2D eigenvalue weighted by Crippen LogP contribution is -2.37. The topological polar surface area (TPSA) is 46.2 Å². The molecule has 0 atom stereocenters. The zero-order valence-corrected chi connectivity index (χ0v) is 13.2. The lowest BCUT2D eigenvalue weighted by molar-refractivity contribution is -0.122.